The van der Waals surface area contributed by atoms with Gasteiger partial charge in [0.15, 0.2) is 0 Å². The van der Waals surface area contributed by atoms with Gasteiger partial charge in [0.2, 0.25) is 5.91 Å². The molecule has 1 aliphatic rings. The SMILES string of the molecule is CC(C)(C)OC(=O)CCC(C(N)=O)N1C(=O)c2cccc(O)c2C1=O. The monoisotopic (exact) mass is 348 g/mol. The van der Waals surface area contributed by atoms with Gasteiger partial charge in [-0.1, -0.05) is 6.07 Å². The number of phenols is 1. The van der Waals surface area contributed by atoms with Gasteiger partial charge < -0.3 is 15.6 Å². The first kappa shape index (κ1) is 18.4. The molecule has 1 aromatic carbocycles. The van der Waals surface area contributed by atoms with Crippen molar-refractivity contribution in [1.82, 2.24) is 4.90 Å². The zero-order chi connectivity index (χ0) is 18.9. The van der Waals surface area contributed by atoms with Gasteiger partial charge in [0, 0.05) is 6.42 Å². The number of hydrogen-bond donors (Lipinski definition) is 2. The van der Waals surface area contributed by atoms with E-state index in [1.165, 1.54) is 18.2 Å². The summed E-state index contributed by atoms with van der Waals surface area (Å²) in [6.45, 7) is 5.09. The first-order valence-corrected chi connectivity index (χ1v) is 7.74. The number of fused-ring (bicyclic) bond motifs is 1. The molecule has 0 spiro atoms. The number of nitrogens with zero attached hydrogens (tertiary/aromatic N) is 1. The number of primary amides is 1. The molecule has 1 atom stereocenters. The lowest BCUT2D eigenvalue weighted by atomic mass is 10.1. The third kappa shape index (κ3) is 3.78. The number of aromatic hydroxyl groups is 1. The summed E-state index contributed by atoms with van der Waals surface area (Å²) in [5.74, 6) is -3.39. The maximum atomic E-state index is 12.5. The summed E-state index contributed by atoms with van der Waals surface area (Å²) < 4.78 is 5.15. The number of nitrogens with two attached hydrogens (primary N) is 1. The summed E-state index contributed by atoms with van der Waals surface area (Å²) in [4.78, 5) is 49.2. The smallest absolute Gasteiger partial charge is 0.306 e. The molecule has 0 radical (unpaired) electrons. The number of benzene rings is 1. The predicted octanol–water partition coefficient (Wildman–Crippen LogP) is 0.964. The Morgan fingerprint density at radius 2 is 1.88 bits per heavy atom. The molecule has 134 valence electrons. The van der Waals surface area contributed by atoms with Crippen LogP contribution in [0.2, 0.25) is 0 Å². The van der Waals surface area contributed by atoms with Gasteiger partial charge in [0.1, 0.15) is 17.4 Å². The van der Waals surface area contributed by atoms with Gasteiger partial charge in [-0.15, -0.1) is 0 Å². The molecule has 1 aliphatic heterocycles. The van der Waals surface area contributed by atoms with Crippen molar-refractivity contribution in [2.75, 3.05) is 0 Å². The lowest BCUT2D eigenvalue weighted by molar-refractivity contribution is -0.155. The third-order valence-corrected chi connectivity index (χ3v) is 3.61. The molecule has 8 heteroatoms. The lowest BCUT2D eigenvalue weighted by Crippen LogP contribution is -2.48. The van der Waals surface area contributed by atoms with Crippen molar-refractivity contribution in [3.63, 3.8) is 0 Å². The molecule has 3 N–H and O–H groups in total. The molecule has 3 amide bonds. The van der Waals surface area contributed by atoms with E-state index >= 15 is 0 Å². The van der Waals surface area contributed by atoms with Crippen molar-refractivity contribution in [2.24, 2.45) is 5.73 Å². The molecule has 25 heavy (non-hydrogen) atoms. The highest BCUT2D eigenvalue weighted by Crippen LogP contribution is 2.32. The van der Waals surface area contributed by atoms with E-state index in [4.69, 9.17) is 10.5 Å². The molecule has 0 aromatic heterocycles. The number of esters is 1. The third-order valence-electron chi connectivity index (χ3n) is 3.61. The molecule has 1 heterocycles. The minimum absolute atomic E-state index is 0.00600. The largest absolute Gasteiger partial charge is 0.507 e. The topological polar surface area (TPSA) is 127 Å². The number of carbonyl (C=O) groups excluding carboxylic acids is 4. The average Bonchev–Trinajstić information content (AvgIpc) is 2.71. The maximum absolute atomic E-state index is 12.5. The molecule has 0 saturated heterocycles. The molecule has 2 rings (SSSR count). The molecule has 0 bridgehead atoms. The summed E-state index contributed by atoms with van der Waals surface area (Å²) in [6.07, 6.45) is -0.346. The standard InChI is InChI=1S/C17H20N2O6/c1-17(2,3)25-12(21)8-7-10(14(18)22)19-15(23)9-5-4-6-11(20)13(9)16(19)24/h4-6,10,20H,7-8H2,1-3H3,(H2,18,22). The van der Waals surface area contributed by atoms with Gasteiger partial charge in [-0.05, 0) is 39.3 Å². The van der Waals surface area contributed by atoms with Crippen LogP contribution in [-0.2, 0) is 14.3 Å². The molecular weight excluding hydrogens is 328 g/mol. The minimum Gasteiger partial charge on any atom is -0.507 e. The van der Waals surface area contributed by atoms with Crippen LogP contribution in [0.15, 0.2) is 18.2 Å². The predicted molar refractivity (Wildman–Crippen MR) is 86.7 cm³/mol. The van der Waals surface area contributed by atoms with Crippen LogP contribution >= 0.6 is 0 Å². The minimum atomic E-state index is -1.31. The Morgan fingerprint density at radius 1 is 1.24 bits per heavy atom. The van der Waals surface area contributed by atoms with Crippen LogP contribution in [0.4, 0.5) is 0 Å². The van der Waals surface area contributed by atoms with Crippen LogP contribution in [-0.4, -0.2) is 45.3 Å². The van der Waals surface area contributed by atoms with Gasteiger partial charge in [-0.3, -0.25) is 24.1 Å². The Kier molecular flexibility index (Phi) is 4.82. The van der Waals surface area contributed by atoms with Crippen LogP contribution in [0.5, 0.6) is 5.75 Å². The molecule has 8 nitrogen and oxygen atoms in total. The fourth-order valence-corrected chi connectivity index (χ4v) is 2.61. The van der Waals surface area contributed by atoms with E-state index < -0.39 is 35.3 Å². The molecule has 0 fully saturated rings. The second-order valence-corrected chi connectivity index (χ2v) is 6.72. The van der Waals surface area contributed by atoms with Gasteiger partial charge in [0.05, 0.1) is 11.1 Å². The van der Waals surface area contributed by atoms with Gasteiger partial charge in [-0.25, -0.2) is 0 Å². The first-order chi connectivity index (χ1) is 11.5. The Bertz CT molecular complexity index is 750. The van der Waals surface area contributed by atoms with Crippen molar-refractivity contribution in [3.05, 3.63) is 29.3 Å². The zero-order valence-electron chi connectivity index (χ0n) is 14.2. The highest BCUT2D eigenvalue weighted by molar-refractivity contribution is 6.24. The maximum Gasteiger partial charge on any atom is 0.306 e. The summed E-state index contributed by atoms with van der Waals surface area (Å²) in [5, 5.41) is 9.81. The molecular formula is C17H20N2O6. The van der Waals surface area contributed by atoms with Crippen LogP contribution in [0.3, 0.4) is 0 Å². The number of imide groups is 1. The second-order valence-electron chi connectivity index (χ2n) is 6.72. The van der Waals surface area contributed by atoms with Crippen LogP contribution in [0, 0.1) is 0 Å². The van der Waals surface area contributed by atoms with E-state index in [-0.39, 0.29) is 29.7 Å². The number of amides is 3. The van der Waals surface area contributed by atoms with Gasteiger partial charge in [-0.2, -0.15) is 0 Å². The van der Waals surface area contributed by atoms with Crippen molar-refractivity contribution < 1.29 is 29.0 Å². The first-order valence-electron chi connectivity index (χ1n) is 7.74. The second kappa shape index (κ2) is 6.54. The van der Waals surface area contributed by atoms with Crippen LogP contribution in [0.1, 0.15) is 54.3 Å². The van der Waals surface area contributed by atoms with E-state index in [0.717, 1.165) is 0 Å². The number of ether oxygens (including phenoxy) is 1. The zero-order valence-corrected chi connectivity index (χ0v) is 14.2. The van der Waals surface area contributed by atoms with Crippen molar-refractivity contribution in [2.45, 2.75) is 45.3 Å². The summed E-state index contributed by atoms with van der Waals surface area (Å²) in [5.41, 5.74) is 4.46. The van der Waals surface area contributed by atoms with E-state index in [2.05, 4.69) is 0 Å². The number of hydrogen-bond acceptors (Lipinski definition) is 6. The Balaban J connectivity index is 2.21. The average molecular weight is 348 g/mol. The van der Waals surface area contributed by atoms with Crippen molar-refractivity contribution >= 4 is 23.7 Å². The van der Waals surface area contributed by atoms with Crippen LogP contribution in [0.25, 0.3) is 0 Å². The normalized spacial score (nSPS) is 15.1. The summed E-state index contributed by atoms with van der Waals surface area (Å²) in [6, 6.07) is 2.76. The Morgan fingerprint density at radius 3 is 2.40 bits per heavy atom. The van der Waals surface area contributed by atoms with Crippen molar-refractivity contribution in [1.29, 1.82) is 0 Å². The Labute approximate surface area is 144 Å². The van der Waals surface area contributed by atoms with Gasteiger partial charge >= 0.3 is 5.97 Å². The molecule has 0 saturated carbocycles. The molecule has 1 unspecified atom stereocenters. The fraction of sp³-hybridized carbons (Fsp3) is 0.412. The lowest BCUT2D eigenvalue weighted by Gasteiger charge is -2.24. The Hall–Kier alpha value is -2.90. The summed E-state index contributed by atoms with van der Waals surface area (Å²) in [7, 11) is 0. The summed E-state index contributed by atoms with van der Waals surface area (Å²) >= 11 is 0. The van der Waals surface area contributed by atoms with E-state index in [1.54, 1.807) is 20.8 Å². The number of carbonyl (C=O) groups is 4. The van der Waals surface area contributed by atoms with Crippen molar-refractivity contribution in [3.8, 4) is 5.75 Å². The van der Waals surface area contributed by atoms with Gasteiger partial charge in [0.25, 0.3) is 11.8 Å². The molecule has 1 aromatic rings. The van der Waals surface area contributed by atoms with E-state index in [9.17, 15) is 24.3 Å². The van der Waals surface area contributed by atoms with E-state index in [0.29, 0.717) is 4.90 Å². The molecule has 0 aliphatic carbocycles. The van der Waals surface area contributed by atoms with E-state index in [1.807, 2.05) is 0 Å². The highest BCUT2D eigenvalue weighted by atomic mass is 16.6. The fourth-order valence-electron chi connectivity index (χ4n) is 2.61. The highest BCUT2D eigenvalue weighted by Gasteiger charge is 2.43. The quantitative estimate of drug-likeness (QED) is 0.603. The van der Waals surface area contributed by atoms with Crippen LogP contribution < -0.4 is 5.73 Å². The number of phenolic OH excluding ortho intramolecular Hbond substituents is 1. The number of rotatable bonds is 5.